The van der Waals surface area contributed by atoms with Crippen LogP contribution in [-0.4, -0.2) is 38.2 Å². The topological polar surface area (TPSA) is 101 Å². The highest BCUT2D eigenvalue weighted by Crippen LogP contribution is 2.49. The van der Waals surface area contributed by atoms with Crippen molar-refractivity contribution in [1.29, 1.82) is 0 Å². The molecule has 2 aliphatic heterocycles. The summed E-state index contributed by atoms with van der Waals surface area (Å²) in [4.78, 5) is 25.6. The van der Waals surface area contributed by atoms with Gasteiger partial charge >= 0.3 is 5.97 Å². The minimum atomic E-state index is -0.448. The molecule has 1 atom stereocenters. The summed E-state index contributed by atoms with van der Waals surface area (Å²) < 4.78 is 27.8. The number of rotatable bonds is 5. The number of ether oxygens (including phenoxy) is 5. The molecule has 0 aromatic heterocycles. The van der Waals surface area contributed by atoms with E-state index in [1.165, 1.54) is 21.3 Å². The third-order valence-corrected chi connectivity index (χ3v) is 6.07. The Morgan fingerprint density at radius 2 is 1.74 bits per heavy atom. The number of esters is 1. The number of ketones is 1. The van der Waals surface area contributed by atoms with E-state index >= 15 is 0 Å². The number of allylic oxidation sites excluding steroid dienone is 1. The first kappa shape index (κ1) is 22.3. The lowest BCUT2D eigenvalue weighted by Crippen LogP contribution is -2.21. The van der Waals surface area contributed by atoms with E-state index in [-0.39, 0.29) is 23.7 Å². The van der Waals surface area contributed by atoms with Crippen molar-refractivity contribution >= 4 is 17.8 Å². The maximum absolute atomic E-state index is 13.3. The molecule has 0 amide bonds. The van der Waals surface area contributed by atoms with E-state index < -0.39 is 11.9 Å². The van der Waals surface area contributed by atoms with E-state index in [9.17, 15) is 14.7 Å². The Kier molecular flexibility index (Phi) is 5.56. The van der Waals surface area contributed by atoms with Crippen LogP contribution in [0, 0.1) is 0 Å². The zero-order chi connectivity index (χ0) is 24.7. The summed E-state index contributed by atoms with van der Waals surface area (Å²) in [5.74, 6) is 0.923. The van der Waals surface area contributed by atoms with Crippen LogP contribution in [0.25, 0.3) is 6.08 Å². The lowest BCUT2D eigenvalue weighted by molar-refractivity contribution is -0.135. The molecule has 0 saturated carbocycles. The molecule has 2 aliphatic rings. The molecule has 0 saturated heterocycles. The van der Waals surface area contributed by atoms with E-state index in [2.05, 4.69) is 0 Å². The van der Waals surface area contributed by atoms with E-state index in [0.29, 0.717) is 51.0 Å². The second-order valence-corrected chi connectivity index (χ2v) is 8.04. The Bertz CT molecular complexity index is 1390. The fraction of sp³-hybridized carbons (Fsp3) is 0.185. The minimum absolute atomic E-state index is 0.0486. The van der Waals surface area contributed by atoms with Crippen LogP contribution in [0.1, 0.15) is 39.4 Å². The van der Waals surface area contributed by atoms with Gasteiger partial charge in [0.1, 0.15) is 17.2 Å². The zero-order valence-electron chi connectivity index (χ0n) is 19.3. The fourth-order valence-electron chi connectivity index (χ4n) is 4.51. The molecule has 0 fully saturated rings. The van der Waals surface area contributed by atoms with Crippen LogP contribution in [-0.2, 0) is 4.79 Å². The number of hydrogen-bond donors (Lipinski definition) is 1. The summed E-state index contributed by atoms with van der Waals surface area (Å²) in [6.45, 7) is 0. The molecular formula is C27H22O8. The molecule has 2 heterocycles. The van der Waals surface area contributed by atoms with Gasteiger partial charge < -0.3 is 28.8 Å². The van der Waals surface area contributed by atoms with Crippen LogP contribution in [0.3, 0.4) is 0 Å². The summed E-state index contributed by atoms with van der Waals surface area (Å²) in [5.41, 5.74) is 2.22. The highest BCUT2D eigenvalue weighted by molar-refractivity contribution is 6.15. The Labute approximate surface area is 201 Å². The molecule has 3 aromatic carbocycles. The van der Waals surface area contributed by atoms with Crippen LogP contribution in [0.15, 0.2) is 54.3 Å². The second-order valence-electron chi connectivity index (χ2n) is 8.04. The molecule has 0 radical (unpaired) electrons. The van der Waals surface area contributed by atoms with Crippen LogP contribution >= 0.6 is 0 Å². The molecule has 0 spiro atoms. The van der Waals surface area contributed by atoms with E-state index in [0.717, 1.165) is 0 Å². The van der Waals surface area contributed by atoms with Crippen molar-refractivity contribution in [2.24, 2.45) is 0 Å². The maximum Gasteiger partial charge on any atom is 0.312 e. The van der Waals surface area contributed by atoms with Crippen molar-refractivity contribution in [2.75, 3.05) is 21.3 Å². The highest BCUT2D eigenvalue weighted by atomic mass is 16.5. The average Bonchev–Trinajstić information content (AvgIpc) is 3.17. The molecule has 178 valence electrons. The van der Waals surface area contributed by atoms with Gasteiger partial charge in [0.15, 0.2) is 17.3 Å². The summed E-state index contributed by atoms with van der Waals surface area (Å²) in [5, 5.41) is 9.99. The standard InChI is InChI=1S/C27H22O8/c1-31-20-9-7-15(25(32-2)27(20)33-3)12-21-24(30)17-8-10-19-23(26(17)35-21)18(13-22(29)34-19)14-5-4-6-16(28)11-14/h4-12,18,28H,13H2,1-3H3/b21-12-/t18-/m1/s1. The Balaban J connectivity index is 1.61. The average molecular weight is 474 g/mol. The van der Waals surface area contributed by atoms with E-state index in [1.807, 2.05) is 6.07 Å². The number of carbonyl (C=O) groups is 2. The third-order valence-electron chi connectivity index (χ3n) is 6.07. The van der Waals surface area contributed by atoms with Gasteiger partial charge in [-0.2, -0.15) is 0 Å². The first-order valence-electron chi connectivity index (χ1n) is 10.8. The molecule has 3 aromatic rings. The van der Waals surface area contributed by atoms with Crippen molar-refractivity contribution in [3.8, 4) is 34.5 Å². The summed E-state index contributed by atoms with van der Waals surface area (Å²) >= 11 is 0. The SMILES string of the molecule is COc1ccc(/C=C2\Oc3c(ccc4c3[C@@H](c3cccc(O)c3)CC(=O)O4)C2=O)c(OC)c1OC. The van der Waals surface area contributed by atoms with Gasteiger partial charge in [0, 0.05) is 17.0 Å². The predicted molar refractivity (Wildman–Crippen MR) is 126 cm³/mol. The van der Waals surface area contributed by atoms with Crippen LogP contribution < -0.4 is 23.7 Å². The summed E-state index contributed by atoms with van der Waals surface area (Å²) in [7, 11) is 4.52. The summed E-state index contributed by atoms with van der Waals surface area (Å²) in [6.07, 6.45) is 1.63. The van der Waals surface area contributed by atoms with Gasteiger partial charge in [0.25, 0.3) is 0 Å². The summed E-state index contributed by atoms with van der Waals surface area (Å²) in [6, 6.07) is 13.3. The second kappa shape index (κ2) is 8.72. The van der Waals surface area contributed by atoms with E-state index in [4.69, 9.17) is 23.7 Å². The molecule has 5 rings (SSSR count). The van der Waals surface area contributed by atoms with Gasteiger partial charge in [-0.25, -0.2) is 0 Å². The van der Waals surface area contributed by atoms with Gasteiger partial charge in [0.05, 0.1) is 33.3 Å². The van der Waals surface area contributed by atoms with Crippen LogP contribution in [0.5, 0.6) is 34.5 Å². The molecular weight excluding hydrogens is 452 g/mol. The van der Waals surface area contributed by atoms with Gasteiger partial charge in [-0.1, -0.05) is 12.1 Å². The van der Waals surface area contributed by atoms with Crippen LogP contribution in [0.4, 0.5) is 0 Å². The highest BCUT2D eigenvalue weighted by Gasteiger charge is 2.38. The van der Waals surface area contributed by atoms with Crippen molar-refractivity contribution < 1.29 is 38.4 Å². The monoisotopic (exact) mass is 474 g/mol. The molecule has 0 bridgehead atoms. The smallest absolute Gasteiger partial charge is 0.312 e. The van der Waals surface area contributed by atoms with Gasteiger partial charge in [0.2, 0.25) is 11.5 Å². The lowest BCUT2D eigenvalue weighted by Gasteiger charge is -2.26. The van der Waals surface area contributed by atoms with Crippen molar-refractivity contribution in [3.05, 3.63) is 76.5 Å². The molecule has 8 nitrogen and oxygen atoms in total. The number of methoxy groups -OCH3 is 3. The number of hydrogen-bond acceptors (Lipinski definition) is 8. The largest absolute Gasteiger partial charge is 0.508 e. The first-order valence-corrected chi connectivity index (χ1v) is 10.8. The number of fused-ring (bicyclic) bond motifs is 3. The molecule has 0 aliphatic carbocycles. The first-order chi connectivity index (χ1) is 16.9. The number of carbonyl (C=O) groups excluding carboxylic acids is 2. The third kappa shape index (κ3) is 3.73. The zero-order valence-corrected chi connectivity index (χ0v) is 19.3. The molecule has 35 heavy (non-hydrogen) atoms. The van der Waals surface area contributed by atoms with Crippen molar-refractivity contribution in [2.45, 2.75) is 12.3 Å². The van der Waals surface area contributed by atoms with Gasteiger partial charge in [-0.15, -0.1) is 0 Å². The quantitative estimate of drug-likeness (QED) is 0.328. The number of benzene rings is 3. The molecule has 1 N–H and O–H groups in total. The van der Waals surface area contributed by atoms with Gasteiger partial charge in [-0.3, -0.25) is 9.59 Å². The maximum atomic E-state index is 13.3. The predicted octanol–water partition coefficient (Wildman–Crippen LogP) is 4.48. The Morgan fingerprint density at radius 3 is 2.46 bits per heavy atom. The van der Waals surface area contributed by atoms with Crippen molar-refractivity contribution in [3.63, 3.8) is 0 Å². The minimum Gasteiger partial charge on any atom is -0.508 e. The Hall–Kier alpha value is -4.46. The van der Waals surface area contributed by atoms with Gasteiger partial charge in [-0.05, 0) is 48.0 Å². The molecule has 0 unspecified atom stereocenters. The Morgan fingerprint density at radius 1 is 0.943 bits per heavy atom. The van der Waals surface area contributed by atoms with E-state index in [1.54, 1.807) is 48.5 Å². The normalized spacial score (nSPS) is 17.3. The number of phenolic OH excluding ortho intramolecular Hbond substituents is 1. The number of aromatic hydroxyl groups is 1. The number of phenols is 1. The lowest BCUT2D eigenvalue weighted by atomic mass is 9.84. The van der Waals surface area contributed by atoms with Crippen LogP contribution in [0.2, 0.25) is 0 Å². The molecule has 8 heteroatoms. The number of Topliss-reactive ketones (excluding diaryl/α,β-unsaturated/α-hetero) is 1. The fourth-order valence-corrected chi connectivity index (χ4v) is 4.51. The van der Waals surface area contributed by atoms with Crippen molar-refractivity contribution in [1.82, 2.24) is 0 Å².